The maximum atomic E-state index is 12.2. The minimum Gasteiger partial charge on any atom is -0.342 e. The number of carbonyl (C=O) groups is 1. The first-order valence-corrected chi connectivity index (χ1v) is 5.84. The van der Waals surface area contributed by atoms with E-state index in [-0.39, 0.29) is 5.41 Å². The molecule has 2 heteroatoms. The van der Waals surface area contributed by atoms with Crippen LogP contribution in [0.25, 0.3) is 0 Å². The fraction of sp³-hybridized carbons (Fsp3) is 0.917. The Balaban J connectivity index is 2.20. The topological polar surface area (TPSA) is 20.3 Å². The van der Waals surface area contributed by atoms with E-state index in [0.717, 1.165) is 19.3 Å². The maximum absolute atomic E-state index is 12.2. The summed E-state index contributed by atoms with van der Waals surface area (Å²) in [5, 5.41) is 0. The molecule has 0 radical (unpaired) electrons. The number of rotatable bonds is 1. The highest BCUT2D eigenvalue weighted by Gasteiger charge is 2.51. The van der Waals surface area contributed by atoms with E-state index < -0.39 is 0 Å². The minimum atomic E-state index is 0.0592. The summed E-state index contributed by atoms with van der Waals surface area (Å²) in [6.07, 6.45) is 5.90. The molecule has 2 aliphatic rings. The van der Waals surface area contributed by atoms with Gasteiger partial charge in [0.15, 0.2) is 0 Å². The van der Waals surface area contributed by atoms with E-state index in [4.69, 9.17) is 0 Å². The van der Waals surface area contributed by atoms with Crippen LogP contribution < -0.4 is 0 Å². The first kappa shape index (κ1) is 10.0. The van der Waals surface area contributed by atoms with Gasteiger partial charge in [-0.1, -0.05) is 26.7 Å². The van der Waals surface area contributed by atoms with Crippen molar-refractivity contribution in [2.24, 2.45) is 11.3 Å². The zero-order chi connectivity index (χ0) is 10.3. The summed E-state index contributed by atoms with van der Waals surface area (Å²) in [6.45, 7) is 4.45. The lowest BCUT2D eigenvalue weighted by Gasteiger charge is -2.22. The van der Waals surface area contributed by atoms with Gasteiger partial charge in [0.2, 0.25) is 5.91 Å². The highest BCUT2D eigenvalue weighted by molar-refractivity contribution is 5.85. The molecule has 80 valence electrons. The molecule has 1 unspecified atom stereocenters. The van der Waals surface area contributed by atoms with Crippen LogP contribution in [-0.4, -0.2) is 23.9 Å². The maximum Gasteiger partial charge on any atom is 0.228 e. The summed E-state index contributed by atoms with van der Waals surface area (Å²) >= 11 is 0. The van der Waals surface area contributed by atoms with Crippen molar-refractivity contribution in [3.63, 3.8) is 0 Å². The minimum absolute atomic E-state index is 0.0592. The number of nitrogens with zero attached hydrogens (tertiary/aromatic N) is 1. The average Bonchev–Trinajstić information content (AvgIpc) is 2.68. The van der Waals surface area contributed by atoms with Gasteiger partial charge < -0.3 is 4.90 Å². The summed E-state index contributed by atoms with van der Waals surface area (Å²) in [7, 11) is 1.99. The van der Waals surface area contributed by atoms with Crippen molar-refractivity contribution >= 4 is 5.91 Å². The number of amides is 1. The van der Waals surface area contributed by atoms with E-state index in [1.165, 1.54) is 12.8 Å². The Morgan fingerprint density at radius 1 is 1.36 bits per heavy atom. The van der Waals surface area contributed by atoms with Crippen LogP contribution in [0, 0.1) is 11.3 Å². The Morgan fingerprint density at radius 3 is 2.36 bits per heavy atom. The second-order valence-electron chi connectivity index (χ2n) is 5.42. The van der Waals surface area contributed by atoms with Gasteiger partial charge in [-0.25, -0.2) is 0 Å². The van der Waals surface area contributed by atoms with Crippen LogP contribution in [0.15, 0.2) is 0 Å². The molecule has 14 heavy (non-hydrogen) atoms. The smallest absolute Gasteiger partial charge is 0.228 e. The van der Waals surface area contributed by atoms with Crippen molar-refractivity contribution in [1.29, 1.82) is 0 Å². The van der Waals surface area contributed by atoms with E-state index >= 15 is 0 Å². The van der Waals surface area contributed by atoms with Gasteiger partial charge in [0, 0.05) is 13.1 Å². The van der Waals surface area contributed by atoms with Crippen LogP contribution in [0.2, 0.25) is 0 Å². The van der Waals surface area contributed by atoms with Crippen LogP contribution >= 0.6 is 0 Å². The van der Waals surface area contributed by atoms with Crippen molar-refractivity contribution in [2.45, 2.75) is 52.0 Å². The SMILES string of the molecule is CC(C)C1CC2(CCCC2)C(=O)N1C. The third-order valence-corrected chi connectivity index (χ3v) is 4.20. The molecule has 1 atom stereocenters. The molecule has 1 aliphatic heterocycles. The zero-order valence-corrected chi connectivity index (χ0v) is 9.55. The van der Waals surface area contributed by atoms with Gasteiger partial charge >= 0.3 is 0 Å². The molecule has 1 amide bonds. The molecule has 0 aromatic carbocycles. The first-order valence-electron chi connectivity index (χ1n) is 5.84. The van der Waals surface area contributed by atoms with Gasteiger partial charge in [-0.3, -0.25) is 4.79 Å². The van der Waals surface area contributed by atoms with Crippen molar-refractivity contribution in [3.05, 3.63) is 0 Å². The van der Waals surface area contributed by atoms with Crippen LogP contribution in [0.4, 0.5) is 0 Å². The third-order valence-electron chi connectivity index (χ3n) is 4.20. The Bertz CT molecular complexity index is 241. The summed E-state index contributed by atoms with van der Waals surface area (Å²) in [5.41, 5.74) is 0.0592. The normalized spacial score (nSPS) is 31.0. The van der Waals surface area contributed by atoms with Gasteiger partial charge in [-0.2, -0.15) is 0 Å². The molecule has 2 fully saturated rings. The predicted octanol–water partition coefficient (Wildman–Crippen LogP) is 2.43. The molecule has 1 saturated carbocycles. The average molecular weight is 195 g/mol. The van der Waals surface area contributed by atoms with E-state index in [2.05, 4.69) is 13.8 Å². The van der Waals surface area contributed by atoms with Gasteiger partial charge in [0.1, 0.15) is 0 Å². The lowest BCUT2D eigenvalue weighted by atomic mass is 9.81. The second-order valence-corrected chi connectivity index (χ2v) is 5.42. The lowest BCUT2D eigenvalue weighted by molar-refractivity contribution is -0.135. The monoisotopic (exact) mass is 195 g/mol. The molecular weight excluding hydrogens is 174 g/mol. The molecule has 1 aliphatic carbocycles. The highest BCUT2D eigenvalue weighted by atomic mass is 16.2. The van der Waals surface area contributed by atoms with Crippen LogP contribution in [0.1, 0.15) is 46.0 Å². The van der Waals surface area contributed by atoms with Crippen molar-refractivity contribution in [2.75, 3.05) is 7.05 Å². The molecule has 0 aromatic heterocycles. The molecule has 2 nitrogen and oxygen atoms in total. The first-order chi connectivity index (χ1) is 6.57. The number of hydrogen-bond acceptors (Lipinski definition) is 1. The summed E-state index contributed by atoms with van der Waals surface area (Å²) in [4.78, 5) is 14.2. The summed E-state index contributed by atoms with van der Waals surface area (Å²) in [6, 6.07) is 0.487. The molecule has 1 heterocycles. The van der Waals surface area contributed by atoms with Crippen LogP contribution in [-0.2, 0) is 4.79 Å². The van der Waals surface area contributed by atoms with Gasteiger partial charge in [0.05, 0.1) is 5.41 Å². The molecule has 0 N–H and O–H groups in total. The Labute approximate surface area is 86.7 Å². The van der Waals surface area contributed by atoms with E-state index in [1.54, 1.807) is 0 Å². The van der Waals surface area contributed by atoms with Crippen LogP contribution in [0.5, 0.6) is 0 Å². The zero-order valence-electron chi connectivity index (χ0n) is 9.55. The van der Waals surface area contributed by atoms with E-state index in [1.807, 2.05) is 11.9 Å². The molecular formula is C12H21NO. The van der Waals surface area contributed by atoms with Gasteiger partial charge in [-0.15, -0.1) is 0 Å². The van der Waals surface area contributed by atoms with E-state index in [9.17, 15) is 4.79 Å². The number of carbonyl (C=O) groups excluding carboxylic acids is 1. The summed E-state index contributed by atoms with van der Waals surface area (Å²) in [5.74, 6) is 1.03. The van der Waals surface area contributed by atoms with Gasteiger partial charge in [0.25, 0.3) is 0 Å². The van der Waals surface area contributed by atoms with Crippen LogP contribution in [0.3, 0.4) is 0 Å². The molecule has 2 rings (SSSR count). The van der Waals surface area contributed by atoms with Crippen molar-refractivity contribution in [1.82, 2.24) is 4.90 Å². The quantitative estimate of drug-likeness (QED) is 0.629. The lowest BCUT2D eigenvalue weighted by Crippen LogP contribution is -2.34. The fourth-order valence-corrected chi connectivity index (χ4v) is 3.30. The largest absolute Gasteiger partial charge is 0.342 e. The Morgan fingerprint density at radius 2 is 1.93 bits per heavy atom. The second kappa shape index (κ2) is 3.25. The summed E-state index contributed by atoms with van der Waals surface area (Å²) < 4.78 is 0. The molecule has 0 aromatic rings. The Hall–Kier alpha value is -0.530. The van der Waals surface area contributed by atoms with Crippen molar-refractivity contribution < 1.29 is 4.79 Å². The number of hydrogen-bond donors (Lipinski definition) is 0. The Kier molecular flexibility index (Phi) is 2.32. The predicted molar refractivity (Wildman–Crippen MR) is 56.9 cm³/mol. The van der Waals surface area contributed by atoms with Crippen molar-refractivity contribution in [3.8, 4) is 0 Å². The number of likely N-dealkylation sites (tertiary alicyclic amines) is 1. The molecule has 0 bridgehead atoms. The fourth-order valence-electron chi connectivity index (χ4n) is 3.30. The van der Waals surface area contributed by atoms with E-state index in [0.29, 0.717) is 17.9 Å². The standard InChI is InChI=1S/C12H21NO/c1-9(2)10-8-12(6-4-5-7-12)11(14)13(10)3/h9-10H,4-8H2,1-3H3. The van der Waals surface area contributed by atoms with Gasteiger partial charge in [-0.05, 0) is 25.2 Å². The highest BCUT2D eigenvalue weighted by Crippen LogP contribution is 2.49. The third kappa shape index (κ3) is 1.27. The molecule has 1 spiro atoms. The molecule has 1 saturated heterocycles.